The van der Waals surface area contributed by atoms with Crippen molar-refractivity contribution in [3.8, 4) is 0 Å². The summed E-state index contributed by atoms with van der Waals surface area (Å²) in [4.78, 5) is 29.0. The predicted molar refractivity (Wildman–Crippen MR) is 74.7 cm³/mol. The number of hydrogen-bond acceptors (Lipinski definition) is 5. The van der Waals surface area contributed by atoms with Crippen molar-refractivity contribution in [2.45, 2.75) is 25.3 Å². The van der Waals surface area contributed by atoms with Crippen molar-refractivity contribution < 1.29 is 14.7 Å². The molecule has 1 aromatic rings. The molecule has 1 aliphatic heterocycles. The molecule has 2 heterocycles. The van der Waals surface area contributed by atoms with Crippen molar-refractivity contribution in [2.24, 2.45) is 0 Å². The maximum Gasteiger partial charge on any atom is 0.337 e. The highest BCUT2D eigenvalue weighted by molar-refractivity contribution is 5.97. The molecule has 0 bridgehead atoms. The van der Waals surface area contributed by atoms with Gasteiger partial charge in [0.1, 0.15) is 6.04 Å². The number of amides is 1. The molecular formula is C13H18N4O3. The number of piperidine rings is 1. The summed E-state index contributed by atoms with van der Waals surface area (Å²) >= 11 is 0. The zero-order valence-corrected chi connectivity index (χ0v) is 11.3. The molecule has 1 fully saturated rings. The minimum absolute atomic E-state index is 0.0104. The third-order valence-corrected chi connectivity index (χ3v) is 3.52. The van der Waals surface area contributed by atoms with Crippen LogP contribution >= 0.6 is 0 Å². The number of nitrogen functional groups attached to an aromatic ring is 1. The molecule has 0 saturated carbocycles. The first-order chi connectivity index (χ1) is 9.56. The Labute approximate surface area is 116 Å². The van der Waals surface area contributed by atoms with Crippen molar-refractivity contribution >= 4 is 23.4 Å². The molecule has 0 radical (unpaired) electrons. The molecule has 20 heavy (non-hydrogen) atoms. The third kappa shape index (κ3) is 2.52. The van der Waals surface area contributed by atoms with E-state index in [1.54, 1.807) is 11.9 Å². The smallest absolute Gasteiger partial charge is 0.337 e. The molecule has 1 saturated heterocycles. The summed E-state index contributed by atoms with van der Waals surface area (Å²) in [6.07, 6.45) is 3.99. The second-order valence-electron chi connectivity index (χ2n) is 4.72. The standard InChI is InChI=1S/C13H18N4O3/c1-15-12(18)9-4-2-3-7-17(9)11-10(14)8(13(19)20)5-6-16-11/h5-6,9H,2-4,7,14H2,1H3,(H,15,18)(H,19,20). The molecule has 7 heteroatoms. The Kier molecular flexibility index (Phi) is 4.07. The summed E-state index contributed by atoms with van der Waals surface area (Å²) in [6.45, 7) is 0.637. The van der Waals surface area contributed by atoms with Gasteiger partial charge >= 0.3 is 5.97 Å². The summed E-state index contributed by atoms with van der Waals surface area (Å²) in [5, 5.41) is 11.7. The number of carbonyl (C=O) groups excluding carboxylic acids is 1. The van der Waals surface area contributed by atoms with E-state index in [-0.39, 0.29) is 23.2 Å². The lowest BCUT2D eigenvalue weighted by Crippen LogP contribution is -2.49. The first kappa shape index (κ1) is 14.1. The van der Waals surface area contributed by atoms with Gasteiger partial charge in [0.05, 0.1) is 11.3 Å². The molecule has 108 valence electrons. The molecule has 1 atom stereocenters. The van der Waals surface area contributed by atoms with Crippen molar-refractivity contribution in [3.63, 3.8) is 0 Å². The van der Waals surface area contributed by atoms with Crippen molar-refractivity contribution in [1.29, 1.82) is 0 Å². The van der Waals surface area contributed by atoms with Crippen molar-refractivity contribution in [2.75, 3.05) is 24.2 Å². The topological polar surface area (TPSA) is 109 Å². The second-order valence-corrected chi connectivity index (χ2v) is 4.72. The molecule has 7 nitrogen and oxygen atoms in total. The highest BCUT2D eigenvalue weighted by Gasteiger charge is 2.31. The largest absolute Gasteiger partial charge is 0.478 e. The van der Waals surface area contributed by atoms with Crippen LogP contribution in [0.3, 0.4) is 0 Å². The maximum absolute atomic E-state index is 11.9. The minimum atomic E-state index is -1.10. The van der Waals surface area contributed by atoms with Crippen LogP contribution in [0, 0.1) is 0 Å². The van der Waals surface area contributed by atoms with Crippen LogP contribution in [-0.2, 0) is 4.79 Å². The zero-order chi connectivity index (χ0) is 14.7. The summed E-state index contributed by atoms with van der Waals surface area (Å²) in [6, 6.07) is 1.01. The number of anilines is 2. The van der Waals surface area contributed by atoms with Crippen LogP contribution in [0.4, 0.5) is 11.5 Å². The summed E-state index contributed by atoms with van der Waals surface area (Å²) < 4.78 is 0. The van der Waals surface area contributed by atoms with Crippen LogP contribution < -0.4 is 16.0 Å². The van der Waals surface area contributed by atoms with E-state index in [2.05, 4.69) is 10.3 Å². The Bertz CT molecular complexity index is 532. The number of rotatable bonds is 3. The van der Waals surface area contributed by atoms with E-state index in [0.29, 0.717) is 18.8 Å². The first-order valence-electron chi connectivity index (χ1n) is 6.52. The van der Waals surface area contributed by atoms with Gasteiger partial charge in [0.25, 0.3) is 0 Å². The van der Waals surface area contributed by atoms with Gasteiger partial charge in [-0.15, -0.1) is 0 Å². The van der Waals surface area contributed by atoms with Gasteiger partial charge in [-0.05, 0) is 25.3 Å². The third-order valence-electron chi connectivity index (χ3n) is 3.52. The molecule has 0 aromatic carbocycles. The number of likely N-dealkylation sites (N-methyl/N-ethyl adjacent to an activating group) is 1. The monoisotopic (exact) mass is 278 g/mol. The van der Waals surface area contributed by atoms with Gasteiger partial charge in [0.15, 0.2) is 5.82 Å². The van der Waals surface area contributed by atoms with Crippen LogP contribution in [0.5, 0.6) is 0 Å². The van der Waals surface area contributed by atoms with E-state index in [1.165, 1.54) is 12.3 Å². The molecule has 0 spiro atoms. The number of pyridine rings is 1. The normalized spacial score (nSPS) is 18.6. The summed E-state index contributed by atoms with van der Waals surface area (Å²) in [7, 11) is 1.58. The predicted octanol–water partition coefficient (Wildman–Crippen LogP) is 0.467. The van der Waals surface area contributed by atoms with Crippen molar-refractivity contribution in [3.05, 3.63) is 17.8 Å². The minimum Gasteiger partial charge on any atom is -0.478 e. The fraction of sp³-hybridized carbons (Fsp3) is 0.462. The molecule has 2 rings (SSSR count). The average molecular weight is 278 g/mol. The van der Waals surface area contributed by atoms with Gasteiger partial charge in [-0.25, -0.2) is 9.78 Å². The second kappa shape index (κ2) is 5.77. The van der Waals surface area contributed by atoms with Gasteiger partial charge in [0.2, 0.25) is 5.91 Å². The van der Waals surface area contributed by atoms with Crippen LogP contribution in [-0.4, -0.2) is 41.6 Å². The number of nitrogens with one attached hydrogen (secondary N) is 1. The van der Waals surface area contributed by atoms with Crippen LogP contribution in [0.1, 0.15) is 29.6 Å². The molecule has 1 aliphatic rings. The van der Waals surface area contributed by atoms with Crippen LogP contribution in [0.2, 0.25) is 0 Å². The maximum atomic E-state index is 11.9. The van der Waals surface area contributed by atoms with E-state index in [9.17, 15) is 9.59 Å². The lowest BCUT2D eigenvalue weighted by atomic mass is 10.0. The Morgan fingerprint density at radius 3 is 2.90 bits per heavy atom. The Morgan fingerprint density at radius 1 is 1.50 bits per heavy atom. The van der Waals surface area contributed by atoms with Crippen LogP contribution in [0.25, 0.3) is 0 Å². The average Bonchev–Trinajstić information content (AvgIpc) is 2.46. The molecule has 0 aliphatic carbocycles. The number of hydrogen-bond donors (Lipinski definition) is 3. The fourth-order valence-electron chi connectivity index (χ4n) is 2.50. The van der Waals surface area contributed by atoms with Crippen molar-refractivity contribution in [1.82, 2.24) is 10.3 Å². The SMILES string of the molecule is CNC(=O)C1CCCCN1c1nccc(C(=O)O)c1N. The first-order valence-corrected chi connectivity index (χ1v) is 6.52. The number of carboxylic acid groups (broad SMARTS) is 1. The number of carboxylic acids is 1. The van der Waals surface area contributed by atoms with E-state index in [1.807, 2.05) is 0 Å². The zero-order valence-electron chi connectivity index (χ0n) is 11.3. The molecule has 1 aromatic heterocycles. The van der Waals surface area contributed by atoms with Gasteiger partial charge < -0.3 is 21.1 Å². The quantitative estimate of drug-likeness (QED) is 0.741. The number of carbonyl (C=O) groups is 2. The number of nitrogens with two attached hydrogens (primary N) is 1. The van der Waals surface area contributed by atoms with Gasteiger partial charge in [-0.3, -0.25) is 4.79 Å². The fourth-order valence-corrected chi connectivity index (χ4v) is 2.50. The van der Waals surface area contributed by atoms with Crippen LogP contribution in [0.15, 0.2) is 12.3 Å². The number of aromatic nitrogens is 1. The molecular weight excluding hydrogens is 260 g/mol. The Balaban J connectivity index is 2.40. The van der Waals surface area contributed by atoms with Gasteiger partial charge in [-0.1, -0.05) is 0 Å². The molecule has 1 unspecified atom stereocenters. The lowest BCUT2D eigenvalue weighted by Gasteiger charge is -2.36. The molecule has 1 amide bonds. The molecule has 4 N–H and O–H groups in total. The number of nitrogens with zero attached hydrogens (tertiary/aromatic N) is 2. The lowest BCUT2D eigenvalue weighted by molar-refractivity contribution is -0.122. The van der Waals surface area contributed by atoms with Gasteiger partial charge in [-0.2, -0.15) is 0 Å². The Morgan fingerprint density at radius 2 is 2.25 bits per heavy atom. The van der Waals surface area contributed by atoms with E-state index >= 15 is 0 Å². The summed E-state index contributed by atoms with van der Waals surface area (Å²) in [5.41, 5.74) is 6.02. The van der Waals surface area contributed by atoms with E-state index in [4.69, 9.17) is 10.8 Å². The number of aromatic carboxylic acids is 1. The van der Waals surface area contributed by atoms with Gasteiger partial charge in [0, 0.05) is 19.8 Å². The summed E-state index contributed by atoms with van der Waals surface area (Å²) in [5.74, 6) is -0.829. The Hall–Kier alpha value is -2.31. The van der Waals surface area contributed by atoms with E-state index < -0.39 is 5.97 Å². The van der Waals surface area contributed by atoms with E-state index in [0.717, 1.165) is 12.8 Å². The highest BCUT2D eigenvalue weighted by Crippen LogP contribution is 2.29. The highest BCUT2D eigenvalue weighted by atomic mass is 16.4.